The van der Waals surface area contributed by atoms with Gasteiger partial charge in [0.1, 0.15) is 17.4 Å². The molecule has 4 aromatic rings. The average molecular weight is 502 g/mol. The Morgan fingerprint density at radius 3 is 2.58 bits per heavy atom. The lowest BCUT2D eigenvalue weighted by Gasteiger charge is -2.19. The third-order valence-corrected chi connectivity index (χ3v) is 8.18. The summed E-state index contributed by atoms with van der Waals surface area (Å²) in [5, 5.41) is 1.16. The van der Waals surface area contributed by atoms with E-state index in [1.54, 1.807) is 12.1 Å². The number of rotatable bonds is 7. The van der Waals surface area contributed by atoms with E-state index in [-0.39, 0.29) is 18.0 Å². The molecule has 36 heavy (non-hydrogen) atoms. The highest BCUT2D eigenvalue weighted by Crippen LogP contribution is 2.30. The maximum absolute atomic E-state index is 13.6. The van der Waals surface area contributed by atoms with Gasteiger partial charge in [-0.15, -0.1) is 11.3 Å². The summed E-state index contributed by atoms with van der Waals surface area (Å²) in [6.45, 7) is 4.14. The molecule has 1 unspecified atom stereocenters. The first-order chi connectivity index (χ1) is 17.4. The molecule has 0 fully saturated rings. The summed E-state index contributed by atoms with van der Waals surface area (Å²) in [5.74, 6) is 1.19. The van der Waals surface area contributed by atoms with Crippen molar-refractivity contribution >= 4 is 17.1 Å². The molecule has 5 rings (SSSR count). The first-order valence-electron chi connectivity index (χ1n) is 12.8. The van der Waals surface area contributed by atoms with Crippen LogP contribution in [-0.2, 0) is 24.1 Å². The first-order valence-corrected chi connectivity index (χ1v) is 13.6. The second-order valence-corrected chi connectivity index (χ2v) is 11.2. The van der Waals surface area contributed by atoms with Crippen molar-refractivity contribution in [1.82, 2.24) is 14.5 Å². The van der Waals surface area contributed by atoms with E-state index in [4.69, 9.17) is 9.97 Å². The van der Waals surface area contributed by atoms with Gasteiger partial charge in [0.05, 0.1) is 22.8 Å². The van der Waals surface area contributed by atoms with Crippen LogP contribution in [0, 0.1) is 25.6 Å². The van der Waals surface area contributed by atoms with Crippen LogP contribution >= 0.6 is 11.3 Å². The van der Waals surface area contributed by atoms with Crippen LogP contribution in [-0.4, -0.2) is 20.3 Å². The molecule has 0 amide bonds. The lowest BCUT2D eigenvalue weighted by atomic mass is 9.88. The number of benzene rings is 2. The number of carbonyl (C=O) groups excluding carboxylic acids is 1. The second-order valence-electron chi connectivity index (χ2n) is 9.91. The quantitative estimate of drug-likeness (QED) is 0.268. The zero-order valence-corrected chi connectivity index (χ0v) is 21.8. The molecule has 1 atom stereocenters. The third kappa shape index (κ3) is 5.81. The van der Waals surface area contributed by atoms with Gasteiger partial charge in [-0.2, -0.15) is 0 Å². The largest absolute Gasteiger partial charge is 0.303 e. The number of fused-ring (bicyclic) bond motifs is 1. The number of halogens is 1. The minimum atomic E-state index is -0.282. The van der Waals surface area contributed by atoms with Gasteiger partial charge in [0.25, 0.3) is 0 Å². The molecule has 186 valence electrons. The molecule has 1 aliphatic carbocycles. The molecule has 1 aliphatic rings. The van der Waals surface area contributed by atoms with Crippen molar-refractivity contribution in [2.75, 3.05) is 0 Å². The molecule has 0 radical (unpaired) electrons. The van der Waals surface area contributed by atoms with E-state index in [1.807, 2.05) is 34.2 Å². The Morgan fingerprint density at radius 1 is 1.03 bits per heavy atom. The maximum Gasteiger partial charge on any atom is 0.140 e. The Kier molecular flexibility index (Phi) is 7.42. The molecule has 0 N–H and O–H groups in total. The van der Waals surface area contributed by atoms with E-state index in [0.29, 0.717) is 18.2 Å². The van der Waals surface area contributed by atoms with E-state index in [2.05, 4.69) is 26.0 Å². The summed E-state index contributed by atoms with van der Waals surface area (Å²) in [6.07, 6.45) is 9.27. The van der Waals surface area contributed by atoms with Gasteiger partial charge in [-0.25, -0.2) is 14.4 Å². The van der Waals surface area contributed by atoms with Crippen molar-refractivity contribution in [3.63, 3.8) is 0 Å². The molecule has 2 heterocycles. The van der Waals surface area contributed by atoms with Crippen LogP contribution in [0.5, 0.6) is 0 Å². The summed E-state index contributed by atoms with van der Waals surface area (Å²) in [6, 6.07) is 14.5. The van der Waals surface area contributed by atoms with Crippen molar-refractivity contribution < 1.29 is 9.18 Å². The van der Waals surface area contributed by atoms with E-state index in [9.17, 15) is 9.18 Å². The summed E-state index contributed by atoms with van der Waals surface area (Å²) in [4.78, 5) is 24.1. The van der Waals surface area contributed by atoms with Crippen LogP contribution in [0.4, 0.5) is 4.39 Å². The van der Waals surface area contributed by atoms with Gasteiger partial charge in [0.15, 0.2) is 0 Å². The number of hydrogen-bond acceptors (Lipinski definition) is 4. The Hall–Kier alpha value is -3.12. The smallest absolute Gasteiger partial charge is 0.140 e. The van der Waals surface area contributed by atoms with E-state index in [0.717, 1.165) is 60.5 Å². The molecule has 2 aromatic heterocycles. The third-order valence-electron chi connectivity index (χ3n) is 7.11. The summed E-state index contributed by atoms with van der Waals surface area (Å²) < 4.78 is 15.5. The average Bonchev–Trinajstić information content (AvgIpc) is 3.42. The topological polar surface area (TPSA) is 47.8 Å². The van der Waals surface area contributed by atoms with E-state index >= 15 is 0 Å². The highest BCUT2D eigenvalue weighted by Gasteiger charge is 2.20. The van der Waals surface area contributed by atoms with Gasteiger partial charge in [-0.3, -0.25) is 4.79 Å². The predicted octanol–water partition coefficient (Wildman–Crippen LogP) is 7.23. The molecule has 0 aliphatic heterocycles. The second kappa shape index (κ2) is 10.9. The molecule has 0 saturated heterocycles. The number of aromatic nitrogens is 3. The number of imidazole rings is 1. The van der Waals surface area contributed by atoms with Crippen LogP contribution in [0.3, 0.4) is 0 Å². The Morgan fingerprint density at radius 2 is 1.81 bits per heavy atom. The van der Waals surface area contributed by atoms with Gasteiger partial charge in [0.2, 0.25) is 0 Å². The van der Waals surface area contributed by atoms with E-state index in [1.165, 1.54) is 28.3 Å². The van der Waals surface area contributed by atoms with Crippen molar-refractivity contribution in [2.24, 2.45) is 5.92 Å². The fourth-order valence-corrected chi connectivity index (χ4v) is 6.09. The first kappa shape index (κ1) is 24.6. The van der Waals surface area contributed by atoms with Gasteiger partial charge in [0, 0.05) is 28.7 Å². The highest BCUT2D eigenvalue weighted by atomic mass is 32.1. The van der Waals surface area contributed by atoms with Crippen molar-refractivity contribution in [1.29, 1.82) is 0 Å². The predicted molar refractivity (Wildman–Crippen MR) is 143 cm³/mol. The number of aryl methyl sites for hydroxylation is 4. The molecule has 0 bridgehead atoms. The zero-order chi connectivity index (χ0) is 25.1. The molecule has 4 nitrogen and oxygen atoms in total. The SMILES string of the molecule is Cc1ccc(-c2cn(-c3ccc(F)cc3)c(CC(=O)CCC3CCCc4nc(C)sc4CC3)n2)cc1. The van der Waals surface area contributed by atoms with Crippen LogP contribution in [0.15, 0.2) is 54.7 Å². The number of ketones is 1. The summed E-state index contributed by atoms with van der Waals surface area (Å²) in [5.41, 5.74) is 5.10. The van der Waals surface area contributed by atoms with Crippen LogP contribution < -0.4 is 0 Å². The number of nitrogens with zero attached hydrogens (tertiary/aromatic N) is 3. The molecule has 0 spiro atoms. The minimum absolute atomic E-state index is 0.204. The fourth-order valence-electron chi connectivity index (χ4n) is 5.09. The van der Waals surface area contributed by atoms with E-state index < -0.39 is 0 Å². The maximum atomic E-state index is 13.6. The minimum Gasteiger partial charge on any atom is -0.303 e. The van der Waals surface area contributed by atoms with Gasteiger partial charge in [-0.1, -0.05) is 36.2 Å². The van der Waals surface area contributed by atoms with Crippen LogP contribution in [0.2, 0.25) is 0 Å². The van der Waals surface area contributed by atoms with Gasteiger partial charge >= 0.3 is 0 Å². The van der Waals surface area contributed by atoms with Crippen LogP contribution in [0.1, 0.15) is 59.1 Å². The summed E-state index contributed by atoms with van der Waals surface area (Å²) >= 11 is 1.83. The van der Waals surface area contributed by atoms with Crippen LogP contribution in [0.25, 0.3) is 16.9 Å². The van der Waals surface area contributed by atoms with Gasteiger partial charge < -0.3 is 4.57 Å². The zero-order valence-electron chi connectivity index (χ0n) is 21.0. The fraction of sp³-hybridized carbons (Fsp3) is 0.367. The Balaban J connectivity index is 1.28. The number of hydrogen-bond donors (Lipinski definition) is 0. The molecular weight excluding hydrogens is 469 g/mol. The number of Topliss-reactive ketones (excluding diaryl/α,β-unsaturated/α-hetero) is 1. The van der Waals surface area contributed by atoms with Crippen molar-refractivity contribution in [2.45, 2.75) is 65.2 Å². The summed E-state index contributed by atoms with van der Waals surface area (Å²) in [7, 11) is 0. The Labute approximate surface area is 216 Å². The molecule has 0 saturated carbocycles. The molecular formula is C30H32FN3OS. The standard InChI is InChI=1S/C30H32FN3OS/c1-20-6-10-23(11-7-20)28-19-34(25-14-12-24(31)13-15-25)30(33-28)18-26(35)16-8-22-4-3-5-27-29(17-9-22)36-21(2)32-27/h6-7,10-15,19,22H,3-5,8-9,16-18H2,1-2H3. The van der Waals surface area contributed by atoms with Crippen molar-refractivity contribution in [3.8, 4) is 16.9 Å². The lowest BCUT2D eigenvalue weighted by Crippen LogP contribution is -2.13. The normalized spacial score (nSPS) is 15.8. The Bertz CT molecular complexity index is 1340. The number of thiazole rings is 1. The molecule has 2 aromatic carbocycles. The monoisotopic (exact) mass is 501 g/mol. The van der Waals surface area contributed by atoms with Gasteiger partial charge in [-0.05, 0) is 76.1 Å². The highest BCUT2D eigenvalue weighted by molar-refractivity contribution is 7.11. The molecule has 6 heteroatoms. The van der Waals surface area contributed by atoms with Crippen molar-refractivity contribution in [3.05, 3.63) is 87.5 Å². The number of carbonyl (C=O) groups is 1. The lowest BCUT2D eigenvalue weighted by molar-refractivity contribution is -0.118.